The van der Waals surface area contributed by atoms with E-state index < -0.39 is 0 Å². The average Bonchev–Trinajstić information content (AvgIpc) is 1.81. The van der Waals surface area contributed by atoms with Crippen molar-refractivity contribution in [2.24, 2.45) is 17.8 Å². The molecule has 0 aromatic rings. The molecule has 1 radical (unpaired) electrons. The maximum atomic E-state index is 8.64. The van der Waals surface area contributed by atoms with Gasteiger partial charge in [-0.1, -0.05) is 13.8 Å². The molecule has 0 aromatic carbocycles. The average molecular weight is 113 g/mol. The highest BCUT2D eigenvalue weighted by molar-refractivity contribution is 4.98. The number of hydrogen-bond acceptors (Lipinski definition) is 1. The van der Waals surface area contributed by atoms with Crippen LogP contribution >= 0.6 is 0 Å². The van der Waals surface area contributed by atoms with Crippen molar-refractivity contribution in [1.29, 1.82) is 0 Å². The fourth-order valence-corrected chi connectivity index (χ4v) is 1.21. The third-order valence-corrected chi connectivity index (χ3v) is 2.27. The van der Waals surface area contributed by atoms with Crippen LogP contribution in [0.15, 0.2) is 0 Å². The van der Waals surface area contributed by atoms with Crippen molar-refractivity contribution in [1.82, 2.24) is 0 Å². The van der Waals surface area contributed by atoms with E-state index >= 15 is 0 Å². The number of aliphatic hydroxyl groups excluding tert-OH is 1. The summed E-state index contributed by atoms with van der Waals surface area (Å²) in [7, 11) is 0. The summed E-state index contributed by atoms with van der Waals surface area (Å²) < 4.78 is 0. The zero-order valence-corrected chi connectivity index (χ0v) is 5.46. The van der Waals surface area contributed by atoms with Gasteiger partial charge >= 0.3 is 0 Å². The quantitative estimate of drug-likeness (QED) is 0.539. The van der Waals surface area contributed by atoms with Gasteiger partial charge in [0.15, 0.2) is 0 Å². The molecule has 1 heteroatoms. The highest BCUT2D eigenvalue weighted by atomic mass is 16.3. The standard InChI is InChI=1S/C7H13O/c1-5-3-7(4-8)6(5)2/h3,5-8H,4H2,1-2H3. The van der Waals surface area contributed by atoms with E-state index in [4.69, 9.17) is 5.11 Å². The minimum atomic E-state index is 0.339. The van der Waals surface area contributed by atoms with E-state index in [0.717, 1.165) is 5.92 Å². The molecule has 1 saturated carbocycles. The first-order chi connectivity index (χ1) is 3.75. The molecule has 1 rings (SSSR count). The van der Waals surface area contributed by atoms with E-state index in [9.17, 15) is 0 Å². The van der Waals surface area contributed by atoms with Gasteiger partial charge < -0.3 is 5.11 Å². The number of hydrogen-bond donors (Lipinski definition) is 1. The monoisotopic (exact) mass is 113 g/mol. The van der Waals surface area contributed by atoms with E-state index in [1.807, 2.05) is 0 Å². The SMILES string of the molecule is CC1[CH]C(CO)C1C. The maximum Gasteiger partial charge on any atom is 0.0464 e. The zero-order chi connectivity index (χ0) is 6.15. The molecule has 3 unspecified atom stereocenters. The molecule has 0 aromatic heterocycles. The summed E-state index contributed by atoms with van der Waals surface area (Å²) >= 11 is 0. The lowest BCUT2D eigenvalue weighted by Gasteiger charge is -2.39. The van der Waals surface area contributed by atoms with E-state index in [-0.39, 0.29) is 0 Å². The Bertz CT molecular complexity index is 80.5. The fourth-order valence-electron chi connectivity index (χ4n) is 1.21. The van der Waals surface area contributed by atoms with Crippen molar-refractivity contribution >= 4 is 0 Å². The minimum absolute atomic E-state index is 0.339. The molecule has 1 fully saturated rings. The van der Waals surface area contributed by atoms with Crippen LogP contribution in [0.5, 0.6) is 0 Å². The maximum absolute atomic E-state index is 8.64. The van der Waals surface area contributed by atoms with Crippen LogP contribution in [-0.2, 0) is 0 Å². The van der Waals surface area contributed by atoms with Crippen molar-refractivity contribution in [3.05, 3.63) is 6.42 Å². The first-order valence-corrected chi connectivity index (χ1v) is 3.21. The Morgan fingerprint density at radius 2 is 2.12 bits per heavy atom. The molecular weight excluding hydrogens is 100 g/mol. The van der Waals surface area contributed by atoms with Gasteiger partial charge in [-0.3, -0.25) is 0 Å². The third kappa shape index (κ3) is 0.752. The molecule has 0 bridgehead atoms. The van der Waals surface area contributed by atoms with Gasteiger partial charge in [0.2, 0.25) is 0 Å². The molecular formula is C7H13O. The zero-order valence-electron chi connectivity index (χ0n) is 5.46. The molecule has 0 spiro atoms. The lowest BCUT2D eigenvalue weighted by Crippen LogP contribution is -2.35. The summed E-state index contributed by atoms with van der Waals surface area (Å²) in [4.78, 5) is 0. The topological polar surface area (TPSA) is 20.2 Å². The summed E-state index contributed by atoms with van der Waals surface area (Å²) in [5.74, 6) is 1.93. The molecule has 0 aliphatic heterocycles. The molecule has 3 atom stereocenters. The summed E-state index contributed by atoms with van der Waals surface area (Å²) in [6.07, 6.45) is 2.21. The van der Waals surface area contributed by atoms with Gasteiger partial charge in [0.25, 0.3) is 0 Å². The first-order valence-electron chi connectivity index (χ1n) is 3.21. The Morgan fingerprint density at radius 1 is 1.50 bits per heavy atom. The van der Waals surface area contributed by atoms with Gasteiger partial charge in [-0.05, 0) is 24.2 Å². The summed E-state index contributed by atoms with van der Waals surface area (Å²) in [6, 6.07) is 0. The first kappa shape index (κ1) is 6.09. The van der Waals surface area contributed by atoms with E-state index in [1.54, 1.807) is 0 Å². The lowest BCUT2D eigenvalue weighted by atomic mass is 9.67. The van der Waals surface area contributed by atoms with Crippen LogP contribution in [-0.4, -0.2) is 11.7 Å². The predicted octanol–water partition coefficient (Wildman–Crippen LogP) is 1.08. The molecule has 1 aliphatic rings. The number of rotatable bonds is 1. The molecule has 0 saturated heterocycles. The van der Waals surface area contributed by atoms with Gasteiger partial charge in [-0.15, -0.1) is 0 Å². The second-order valence-electron chi connectivity index (χ2n) is 2.76. The van der Waals surface area contributed by atoms with Gasteiger partial charge in [0.1, 0.15) is 0 Å². The fraction of sp³-hybridized carbons (Fsp3) is 0.857. The van der Waals surface area contributed by atoms with Crippen LogP contribution in [0.1, 0.15) is 13.8 Å². The molecule has 1 aliphatic carbocycles. The van der Waals surface area contributed by atoms with Crippen LogP contribution < -0.4 is 0 Å². The van der Waals surface area contributed by atoms with E-state index in [2.05, 4.69) is 20.3 Å². The molecule has 47 valence electrons. The highest BCUT2D eigenvalue weighted by Gasteiger charge is 2.33. The number of aliphatic hydroxyl groups is 1. The van der Waals surface area contributed by atoms with Gasteiger partial charge in [-0.25, -0.2) is 0 Å². The van der Waals surface area contributed by atoms with Gasteiger partial charge in [0, 0.05) is 6.61 Å². The van der Waals surface area contributed by atoms with Crippen LogP contribution in [0.4, 0.5) is 0 Å². The van der Waals surface area contributed by atoms with E-state index in [1.165, 1.54) is 0 Å². The predicted molar refractivity (Wildman–Crippen MR) is 33.2 cm³/mol. The Hall–Kier alpha value is -0.0400. The minimum Gasteiger partial charge on any atom is -0.396 e. The summed E-state index contributed by atoms with van der Waals surface area (Å²) in [5.41, 5.74) is 0. The van der Waals surface area contributed by atoms with Crippen molar-refractivity contribution in [2.75, 3.05) is 6.61 Å². The molecule has 8 heavy (non-hydrogen) atoms. The van der Waals surface area contributed by atoms with E-state index in [0.29, 0.717) is 18.4 Å². The second kappa shape index (κ2) is 2.06. The highest BCUT2D eigenvalue weighted by Crippen LogP contribution is 2.37. The second-order valence-corrected chi connectivity index (χ2v) is 2.76. The largest absolute Gasteiger partial charge is 0.396 e. The Kier molecular flexibility index (Phi) is 1.57. The molecule has 1 nitrogen and oxygen atoms in total. The Labute approximate surface area is 50.7 Å². The van der Waals surface area contributed by atoms with Crippen LogP contribution in [0, 0.1) is 24.2 Å². The lowest BCUT2D eigenvalue weighted by molar-refractivity contribution is 0.112. The van der Waals surface area contributed by atoms with Crippen LogP contribution in [0.2, 0.25) is 0 Å². The van der Waals surface area contributed by atoms with Gasteiger partial charge in [0.05, 0.1) is 0 Å². The smallest absolute Gasteiger partial charge is 0.0464 e. The van der Waals surface area contributed by atoms with Crippen LogP contribution in [0.3, 0.4) is 0 Å². The van der Waals surface area contributed by atoms with Crippen molar-refractivity contribution in [3.63, 3.8) is 0 Å². The third-order valence-electron chi connectivity index (χ3n) is 2.27. The summed E-state index contributed by atoms with van der Waals surface area (Å²) in [6.45, 7) is 4.72. The van der Waals surface area contributed by atoms with Crippen molar-refractivity contribution in [3.8, 4) is 0 Å². The van der Waals surface area contributed by atoms with Gasteiger partial charge in [-0.2, -0.15) is 0 Å². The van der Waals surface area contributed by atoms with Crippen molar-refractivity contribution < 1.29 is 5.11 Å². The Balaban J connectivity index is 2.25. The normalized spacial score (nSPS) is 46.1. The molecule has 0 heterocycles. The molecule has 1 N–H and O–H groups in total. The Morgan fingerprint density at radius 3 is 2.25 bits per heavy atom. The molecule has 0 amide bonds. The summed E-state index contributed by atoms with van der Waals surface area (Å²) in [5, 5.41) is 8.64. The van der Waals surface area contributed by atoms with Crippen LogP contribution in [0.25, 0.3) is 0 Å². The van der Waals surface area contributed by atoms with Crippen molar-refractivity contribution in [2.45, 2.75) is 13.8 Å².